The molecule has 6 nitrogen and oxygen atoms in total. The zero-order valence-corrected chi connectivity index (χ0v) is 16.8. The van der Waals surface area contributed by atoms with E-state index in [-0.39, 0.29) is 0 Å². The van der Waals surface area contributed by atoms with Gasteiger partial charge in [-0.25, -0.2) is 4.79 Å². The van der Waals surface area contributed by atoms with Crippen LogP contribution in [-0.4, -0.2) is 62.7 Å². The van der Waals surface area contributed by atoms with Crippen LogP contribution in [0.3, 0.4) is 0 Å². The molecule has 2 aromatic rings. The van der Waals surface area contributed by atoms with Crippen LogP contribution >= 0.6 is 0 Å². The molecule has 1 heterocycles. The summed E-state index contributed by atoms with van der Waals surface area (Å²) in [6.07, 6.45) is 0. The van der Waals surface area contributed by atoms with Gasteiger partial charge in [-0.1, -0.05) is 31.2 Å². The molecule has 0 amide bonds. The van der Waals surface area contributed by atoms with E-state index in [4.69, 9.17) is 14.2 Å². The number of hydrogen-bond donors (Lipinski definition) is 0. The van der Waals surface area contributed by atoms with Crippen LogP contribution in [0.15, 0.2) is 42.5 Å². The molecule has 0 unspecified atom stereocenters. The van der Waals surface area contributed by atoms with Crippen LogP contribution in [0.2, 0.25) is 0 Å². The molecular formula is C22H28N2O4. The second-order valence-electron chi connectivity index (χ2n) is 6.76. The van der Waals surface area contributed by atoms with Crippen molar-refractivity contribution in [3.63, 3.8) is 0 Å². The van der Waals surface area contributed by atoms with Gasteiger partial charge in [0.15, 0.2) is 11.5 Å². The third kappa shape index (κ3) is 4.64. The van der Waals surface area contributed by atoms with Crippen molar-refractivity contribution in [3.8, 4) is 17.2 Å². The average Bonchev–Trinajstić information content (AvgIpc) is 2.75. The Hall–Kier alpha value is -2.57. The molecule has 0 aromatic heterocycles. The molecule has 1 aliphatic rings. The fourth-order valence-electron chi connectivity index (χ4n) is 3.41. The van der Waals surface area contributed by atoms with Crippen molar-refractivity contribution in [2.24, 2.45) is 0 Å². The summed E-state index contributed by atoms with van der Waals surface area (Å²) in [5.41, 5.74) is 1.40. The SMILES string of the molecule is CCN1CCN(Cc2ccc(OC)c(OC)c2OC(=O)c2ccccc2)CC1. The molecule has 0 spiro atoms. The molecule has 1 fully saturated rings. The first-order valence-electron chi connectivity index (χ1n) is 9.62. The summed E-state index contributed by atoms with van der Waals surface area (Å²) >= 11 is 0. The molecule has 0 radical (unpaired) electrons. The molecule has 3 rings (SSSR count). The van der Waals surface area contributed by atoms with Gasteiger partial charge < -0.3 is 19.1 Å². The van der Waals surface area contributed by atoms with E-state index in [9.17, 15) is 4.79 Å². The number of likely N-dealkylation sites (N-methyl/N-ethyl adjacent to an activating group) is 1. The summed E-state index contributed by atoms with van der Waals surface area (Å²) in [5.74, 6) is 0.993. The van der Waals surface area contributed by atoms with Crippen molar-refractivity contribution in [1.29, 1.82) is 0 Å². The summed E-state index contributed by atoms with van der Waals surface area (Å²) in [4.78, 5) is 17.5. The van der Waals surface area contributed by atoms with Crippen LogP contribution in [0.1, 0.15) is 22.8 Å². The second kappa shape index (κ2) is 9.57. The molecular weight excluding hydrogens is 356 g/mol. The van der Waals surface area contributed by atoms with Gasteiger partial charge in [0.2, 0.25) is 5.75 Å². The van der Waals surface area contributed by atoms with E-state index < -0.39 is 5.97 Å². The minimum absolute atomic E-state index is 0.413. The van der Waals surface area contributed by atoms with E-state index in [1.807, 2.05) is 30.3 Å². The first-order valence-corrected chi connectivity index (χ1v) is 9.62. The minimum atomic E-state index is -0.413. The molecule has 2 aromatic carbocycles. The lowest BCUT2D eigenvalue weighted by atomic mass is 10.1. The van der Waals surface area contributed by atoms with Gasteiger partial charge in [0.1, 0.15) is 0 Å². The first kappa shape index (κ1) is 20.2. The Morgan fingerprint density at radius 2 is 1.57 bits per heavy atom. The molecule has 0 atom stereocenters. The molecule has 6 heteroatoms. The predicted octanol–water partition coefficient (Wildman–Crippen LogP) is 3.06. The number of rotatable bonds is 7. The molecule has 1 aliphatic heterocycles. The first-order chi connectivity index (χ1) is 13.7. The fraction of sp³-hybridized carbons (Fsp3) is 0.409. The van der Waals surface area contributed by atoms with E-state index in [2.05, 4.69) is 16.7 Å². The third-order valence-electron chi connectivity index (χ3n) is 5.09. The average molecular weight is 384 g/mol. The zero-order valence-electron chi connectivity index (χ0n) is 16.8. The van der Waals surface area contributed by atoms with Crippen LogP contribution < -0.4 is 14.2 Å². The van der Waals surface area contributed by atoms with Gasteiger partial charge in [0.25, 0.3) is 0 Å². The van der Waals surface area contributed by atoms with Crippen molar-refractivity contribution < 1.29 is 19.0 Å². The number of esters is 1. The van der Waals surface area contributed by atoms with Crippen molar-refractivity contribution in [3.05, 3.63) is 53.6 Å². The van der Waals surface area contributed by atoms with Crippen LogP contribution in [-0.2, 0) is 6.54 Å². The highest BCUT2D eigenvalue weighted by molar-refractivity contribution is 5.91. The summed E-state index contributed by atoms with van der Waals surface area (Å²) in [6, 6.07) is 12.8. The van der Waals surface area contributed by atoms with Gasteiger partial charge in [-0.3, -0.25) is 4.90 Å². The molecule has 0 bridgehead atoms. The fourth-order valence-corrected chi connectivity index (χ4v) is 3.41. The van der Waals surface area contributed by atoms with Crippen molar-refractivity contribution in [1.82, 2.24) is 9.80 Å². The van der Waals surface area contributed by atoms with E-state index >= 15 is 0 Å². The second-order valence-corrected chi connectivity index (χ2v) is 6.76. The Balaban J connectivity index is 1.86. The highest BCUT2D eigenvalue weighted by atomic mass is 16.6. The van der Waals surface area contributed by atoms with Crippen LogP contribution in [0.4, 0.5) is 0 Å². The topological polar surface area (TPSA) is 51.2 Å². The van der Waals surface area contributed by atoms with Gasteiger partial charge in [-0.15, -0.1) is 0 Å². The van der Waals surface area contributed by atoms with E-state index in [0.29, 0.717) is 29.4 Å². The van der Waals surface area contributed by atoms with Crippen molar-refractivity contribution in [2.45, 2.75) is 13.5 Å². The number of ether oxygens (including phenoxy) is 3. The largest absolute Gasteiger partial charge is 0.493 e. The highest BCUT2D eigenvalue weighted by Crippen LogP contribution is 2.41. The van der Waals surface area contributed by atoms with Gasteiger partial charge >= 0.3 is 5.97 Å². The van der Waals surface area contributed by atoms with E-state index in [1.54, 1.807) is 26.4 Å². The number of hydrogen-bond acceptors (Lipinski definition) is 6. The molecule has 150 valence electrons. The lowest BCUT2D eigenvalue weighted by Gasteiger charge is -2.34. The summed E-state index contributed by atoms with van der Waals surface area (Å²) in [5, 5.41) is 0. The molecule has 0 N–H and O–H groups in total. The molecule has 1 saturated heterocycles. The Kier molecular flexibility index (Phi) is 6.90. The predicted molar refractivity (Wildman–Crippen MR) is 108 cm³/mol. The number of methoxy groups -OCH3 is 2. The lowest BCUT2D eigenvalue weighted by molar-refractivity contribution is 0.0723. The maximum absolute atomic E-state index is 12.7. The summed E-state index contributed by atoms with van der Waals surface area (Å²) in [6.45, 7) is 8.00. The van der Waals surface area contributed by atoms with Crippen molar-refractivity contribution in [2.75, 3.05) is 46.9 Å². The minimum Gasteiger partial charge on any atom is -0.493 e. The summed E-state index contributed by atoms with van der Waals surface area (Å²) in [7, 11) is 3.13. The maximum atomic E-state index is 12.7. The standard InChI is InChI=1S/C22H28N2O4/c1-4-23-12-14-24(15-13-23)16-18-10-11-19(26-2)21(27-3)20(18)28-22(25)17-8-6-5-7-9-17/h5-11H,4,12-16H2,1-3H3. The molecule has 0 aliphatic carbocycles. The number of carbonyl (C=O) groups excluding carboxylic acids is 1. The van der Waals surface area contributed by atoms with Gasteiger partial charge in [-0.05, 0) is 24.7 Å². The van der Waals surface area contributed by atoms with Crippen LogP contribution in [0.25, 0.3) is 0 Å². The lowest BCUT2D eigenvalue weighted by Crippen LogP contribution is -2.45. The Labute approximate surface area is 166 Å². The third-order valence-corrected chi connectivity index (χ3v) is 5.09. The summed E-state index contributed by atoms with van der Waals surface area (Å²) < 4.78 is 16.7. The van der Waals surface area contributed by atoms with E-state index in [1.165, 1.54) is 0 Å². The Bertz CT molecular complexity index is 787. The van der Waals surface area contributed by atoms with E-state index in [0.717, 1.165) is 38.3 Å². The normalized spacial score (nSPS) is 15.2. The van der Waals surface area contributed by atoms with Gasteiger partial charge in [-0.2, -0.15) is 0 Å². The Morgan fingerprint density at radius 1 is 0.893 bits per heavy atom. The number of carbonyl (C=O) groups is 1. The number of benzene rings is 2. The van der Waals surface area contributed by atoms with Crippen LogP contribution in [0, 0.1) is 0 Å². The number of nitrogens with zero attached hydrogens (tertiary/aromatic N) is 2. The van der Waals surface area contributed by atoms with Gasteiger partial charge in [0, 0.05) is 38.3 Å². The van der Waals surface area contributed by atoms with Crippen molar-refractivity contribution >= 4 is 5.97 Å². The monoisotopic (exact) mass is 384 g/mol. The Morgan fingerprint density at radius 3 is 2.18 bits per heavy atom. The highest BCUT2D eigenvalue weighted by Gasteiger charge is 2.23. The molecule has 28 heavy (non-hydrogen) atoms. The molecule has 0 saturated carbocycles. The van der Waals surface area contributed by atoms with Crippen LogP contribution in [0.5, 0.6) is 17.2 Å². The maximum Gasteiger partial charge on any atom is 0.343 e. The smallest absolute Gasteiger partial charge is 0.343 e. The zero-order chi connectivity index (χ0) is 19.9. The quantitative estimate of drug-likeness (QED) is 0.540. The van der Waals surface area contributed by atoms with Gasteiger partial charge in [0.05, 0.1) is 19.8 Å². The number of piperazine rings is 1.